The van der Waals surface area contributed by atoms with Gasteiger partial charge in [0.15, 0.2) is 0 Å². The van der Waals surface area contributed by atoms with Gasteiger partial charge in [-0.1, -0.05) is 25.1 Å². The lowest BCUT2D eigenvalue weighted by Crippen LogP contribution is -2.34. The van der Waals surface area contributed by atoms with Crippen molar-refractivity contribution in [1.29, 1.82) is 0 Å². The second kappa shape index (κ2) is 6.52. The summed E-state index contributed by atoms with van der Waals surface area (Å²) in [5.74, 6) is 0.769. The smallest absolute Gasteiger partial charge is 0.137 e. The predicted octanol–water partition coefficient (Wildman–Crippen LogP) is 4.12. The van der Waals surface area contributed by atoms with E-state index in [1.54, 1.807) is 0 Å². The first-order valence-electron chi connectivity index (χ1n) is 9.16. The van der Waals surface area contributed by atoms with Gasteiger partial charge in [0.2, 0.25) is 0 Å². The maximum absolute atomic E-state index is 6.02. The minimum absolute atomic E-state index is 0.769. The van der Waals surface area contributed by atoms with Crippen LogP contribution in [0.25, 0.3) is 16.9 Å². The molecule has 3 heterocycles. The number of likely N-dealkylation sites (tertiary alicyclic amines) is 1. The zero-order valence-corrected chi connectivity index (χ0v) is 15.1. The van der Waals surface area contributed by atoms with Crippen LogP contribution in [0.5, 0.6) is 0 Å². The van der Waals surface area contributed by atoms with Crippen LogP contribution in [-0.4, -0.2) is 27.4 Å². The summed E-state index contributed by atoms with van der Waals surface area (Å²) >= 11 is 0. The summed E-state index contributed by atoms with van der Waals surface area (Å²) in [5.41, 5.74) is 12.5. The highest BCUT2D eigenvalue weighted by molar-refractivity contribution is 5.69. The van der Waals surface area contributed by atoms with Gasteiger partial charge in [-0.25, -0.2) is 4.98 Å². The highest BCUT2D eigenvalue weighted by Crippen LogP contribution is 2.28. The lowest BCUT2D eigenvalue weighted by atomic mass is 10.00. The fourth-order valence-electron chi connectivity index (χ4n) is 3.91. The van der Waals surface area contributed by atoms with Crippen molar-refractivity contribution >= 4 is 11.3 Å². The molecule has 0 radical (unpaired) electrons. The van der Waals surface area contributed by atoms with E-state index < -0.39 is 0 Å². The number of fused-ring (bicyclic) bond motifs is 1. The Bertz CT molecular complexity index is 896. The Morgan fingerprint density at radius 1 is 1.24 bits per heavy atom. The highest BCUT2D eigenvalue weighted by atomic mass is 15.2. The van der Waals surface area contributed by atoms with Gasteiger partial charge in [0, 0.05) is 30.5 Å². The molecule has 0 amide bonds. The van der Waals surface area contributed by atoms with E-state index in [4.69, 9.17) is 10.7 Å². The summed E-state index contributed by atoms with van der Waals surface area (Å²) in [6.45, 7) is 7.74. The molecule has 0 saturated carbocycles. The third-order valence-electron chi connectivity index (χ3n) is 5.14. The second-order valence-electron chi connectivity index (χ2n) is 7.45. The fraction of sp³-hybridized carbons (Fsp3) is 0.381. The van der Waals surface area contributed by atoms with E-state index in [1.165, 1.54) is 30.6 Å². The number of nitrogen functional groups attached to an aromatic ring is 1. The van der Waals surface area contributed by atoms with Crippen molar-refractivity contribution < 1.29 is 0 Å². The first-order chi connectivity index (χ1) is 12.1. The summed E-state index contributed by atoms with van der Waals surface area (Å²) in [4.78, 5) is 7.50. The molecular formula is C21H26N4. The van der Waals surface area contributed by atoms with Gasteiger partial charge in [0.25, 0.3) is 0 Å². The third kappa shape index (κ3) is 3.27. The standard InChI is InChI=1S/C21H26N4/c1-15-5-4-10-24(12-15)14-19-21(17-6-3-7-18(22)11-17)23-20-9-8-16(2)13-25(19)20/h3,6-9,11,13,15H,4-5,10,12,14,22H2,1-2H3. The zero-order chi connectivity index (χ0) is 17.4. The van der Waals surface area contributed by atoms with Crippen molar-refractivity contribution in [1.82, 2.24) is 14.3 Å². The van der Waals surface area contributed by atoms with Gasteiger partial charge in [-0.3, -0.25) is 4.90 Å². The predicted molar refractivity (Wildman–Crippen MR) is 103 cm³/mol. The average Bonchev–Trinajstić information content (AvgIpc) is 2.93. The van der Waals surface area contributed by atoms with Crippen LogP contribution in [0.3, 0.4) is 0 Å². The van der Waals surface area contributed by atoms with Crippen LogP contribution in [0.15, 0.2) is 42.6 Å². The van der Waals surface area contributed by atoms with Crippen LogP contribution in [0.2, 0.25) is 0 Å². The van der Waals surface area contributed by atoms with E-state index in [0.29, 0.717) is 0 Å². The number of benzene rings is 1. The Labute approximate surface area is 149 Å². The largest absolute Gasteiger partial charge is 0.399 e. The number of nitrogens with two attached hydrogens (primary N) is 1. The van der Waals surface area contributed by atoms with Crippen LogP contribution in [0.4, 0.5) is 5.69 Å². The lowest BCUT2D eigenvalue weighted by molar-refractivity contribution is 0.174. The van der Waals surface area contributed by atoms with Gasteiger partial charge in [0.1, 0.15) is 5.65 Å². The second-order valence-corrected chi connectivity index (χ2v) is 7.45. The molecule has 0 bridgehead atoms. The van der Waals surface area contributed by atoms with Crippen molar-refractivity contribution in [2.45, 2.75) is 33.2 Å². The Kier molecular flexibility index (Phi) is 4.22. The quantitative estimate of drug-likeness (QED) is 0.733. The summed E-state index contributed by atoms with van der Waals surface area (Å²) in [6, 6.07) is 12.3. The highest BCUT2D eigenvalue weighted by Gasteiger charge is 2.21. The number of nitrogens with zero attached hydrogens (tertiary/aromatic N) is 3. The molecule has 1 aliphatic heterocycles. The van der Waals surface area contributed by atoms with E-state index in [2.05, 4.69) is 47.5 Å². The monoisotopic (exact) mass is 334 g/mol. The zero-order valence-electron chi connectivity index (χ0n) is 15.1. The fourth-order valence-corrected chi connectivity index (χ4v) is 3.91. The van der Waals surface area contributed by atoms with Gasteiger partial charge < -0.3 is 10.1 Å². The topological polar surface area (TPSA) is 46.6 Å². The van der Waals surface area contributed by atoms with Gasteiger partial charge in [-0.2, -0.15) is 0 Å². The average molecular weight is 334 g/mol. The first kappa shape index (κ1) is 16.2. The number of anilines is 1. The first-order valence-corrected chi connectivity index (χ1v) is 9.16. The number of pyridine rings is 1. The van der Waals surface area contributed by atoms with E-state index in [9.17, 15) is 0 Å². The molecule has 2 aromatic heterocycles. The van der Waals surface area contributed by atoms with Crippen molar-refractivity contribution in [2.75, 3.05) is 18.8 Å². The van der Waals surface area contributed by atoms with Crippen LogP contribution >= 0.6 is 0 Å². The number of aryl methyl sites for hydroxylation is 1. The number of piperidine rings is 1. The molecule has 1 atom stereocenters. The van der Waals surface area contributed by atoms with Gasteiger partial charge in [-0.15, -0.1) is 0 Å². The minimum Gasteiger partial charge on any atom is -0.399 e. The Morgan fingerprint density at radius 3 is 2.92 bits per heavy atom. The number of imidazole rings is 1. The molecule has 130 valence electrons. The maximum atomic E-state index is 6.02. The molecule has 1 aromatic carbocycles. The normalized spacial score (nSPS) is 18.7. The molecule has 0 aliphatic carbocycles. The Hall–Kier alpha value is -2.33. The number of aromatic nitrogens is 2. The number of hydrogen-bond acceptors (Lipinski definition) is 3. The van der Waals surface area contributed by atoms with E-state index in [-0.39, 0.29) is 0 Å². The lowest BCUT2D eigenvalue weighted by Gasteiger charge is -2.30. The molecule has 1 fully saturated rings. The van der Waals surface area contributed by atoms with E-state index in [1.807, 2.05) is 18.2 Å². The van der Waals surface area contributed by atoms with Crippen molar-refractivity contribution in [3.63, 3.8) is 0 Å². The van der Waals surface area contributed by atoms with E-state index in [0.717, 1.165) is 41.6 Å². The number of hydrogen-bond donors (Lipinski definition) is 1. The van der Waals surface area contributed by atoms with Crippen molar-refractivity contribution in [3.05, 3.63) is 53.9 Å². The summed E-state index contributed by atoms with van der Waals surface area (Å²) in [7, 11) is 0. The van der Waals surface area contributed by atoms with E-state index >= 15 is 0 Å². The summed E-state index contributed by atoms with van der Waals surface area (Å²) < 4.78 is 2.26. The Balaban J connectivity index is 1.81. The Morgan fingerprint density at radius 2 is 2.12 bits per heavy atom. The molecule has 4 rings (SSSR count). The molecule has 1 unspecified atom stereocenters. The molecule has 1 saturated heterocycles. The van der Waals surface area contributed by atoms with Crippen LogP contribution < -0.4 is 5.73 Å². The van der Waals surface area contributed by atoms with Crippen LogP contribution in [0, 0.1) is 12.8 Å². The molecule has 0 spiro atoms. The molecule has 3 aromatic rings. The molecule has 2 N–H and O–H groups in total. The maximum Gasteiger partial charge on any atom is 0.137 e. The minimum atomic E-state index is 0.769. The van der Waals surface area contributed by atoms with Crippen molar-refractivity contribution in [2.24, 2.45) is 5.92 Å². The molecule has 4 heteroatoms. The SMILES string of the molecule is Cc1ccc2nc(-c3cccc(N)c3)c(CN3CCCC(C)C3)n2c1. The van der Waals surface area contributed by atoms with Crippen LogP contribution in [0.1, 0.15) is 31.0 Å². The van der Waals surface area contributed by atoms with Gasteiger partial charge in [-0.05, 0) is 56.0 Å². The summed E-state index contributed by atoms with van der Waals surface area (Å²) in [6.07, 6.45) is 4.82. The molecule has 4 nitrogen and oxygen atoms in total. The molecular weight excluding hydrogens is 308 g/mol. The number of rotatable bonds is 3. The molecule has 25 heavy (non-hydrogen) atoms. The van der Waals surface area contributed by atoms with Gasteiger partial charge >= 0.3 is 0 Å². The summed E-state index contributed by atoms with van der Waals surface area (Å²) in [5, 5.41) is 0. The third-order valence-corrected chi connectivity index (χ3v) is 5.14. The van der Waals surface area contributed by atoms with Crippen LogP contribution in [-0.2, 0) is 6.54 Å². The van der Waals surface area contributed by atoms with Crippen molar-refractivity contribution in [3.8, 4) is 11.3 Å². The molecule has 1 aliphatic rings. The van der Waals surface area contributed by atoms with Gasteiger partial charge in [0.05, 0.1) is 11.4 Å².